The summed E-state index contributed by atoms with van der Waals surface area (Å²) in [6.07, 6.45) is 27.0. The molecule has 2 unspecified atom stereocenters. The standard InChI is InChI=1S/C24H30O3.C23H23O3S.C22H21OS.C18H26O2.C15H26O2.C8H8O3S.C7H12O5S/c1-3-20-9-13-24(14-10-20)27-19(2)25-17-18-26-23-15-11-22(12-16-23)21-7-5-4-6-8-21;1-23(2,3)26-22(24)25-18-14-16-21(17-15-18)27(19-10-6-4-7-11-19)20-12-8-5-9-13-20;1-22(2,3)23-16-12-14-17(15-13-16)24-20-10-6-4-8-18(20)19-9-5-7-11-21(19)24;1-3-16-9-11-18(12-10-16)20-15(2)19-14-13-17-7-5-4-6-8-17;1-5-15(6-2,17-14(16)12(3)4)13-10-8-7-9-11-13;1-2-7-3-5-8(6-4-7)12(9,10)11;1-6(2)7(8)12-4-3-5-13(9,10)11/h3,9-16,19,21H,1,4-8,17-18H2,2H3;4-17H,1-3H3;4-15H,1-3H3;3,9-12,15,17H,1,4-8,13-14H2,2H3;13H,3,5-11H2,1-2,4H3;2-6H,1H2,(H,9,10,11);1,3-5H2,2H3,(H,9,10,11)/q;2*+1;;;;/p-2. The van der Waals surface area contributed by atoms with E-state index in [0.717, 1.165) is 75.9 Å². The van der Waals surface area contributed by atoms with Crippen molar-refractivity contribution < 1.29 is 87.7 Å². The van der Waals surface area contributed by atoms with Crippen molar-refractivity contribution >= 4 is 98.1 Å². The molecule has 14 rings (SSSR count). The highest BCUT2D eigenvalue weighted by Gasteiger charge is 2.40. The van der Waals surface area contributed by atoms with Gasteiger partial charge in [0.1, 0.15) is 62.3 Å². The minimum atomic E-state index is -4.31. The molecule has 0 N–H and O–H groups in total. The second-order valence-electron chi connectivity index (χ2n) is 36.7. The van der Waals surface area contributed by atoms with Gasteiger partial charge in [-0.25, -0.2) is 31.2 Å². The number of hydrogen-bond donors (Lipinski definition) is 0. The molecule has 1 heterocycles. The van der Waals surface area contributed by atoms with Crippen molar-refractivity contribution in [3.8, 4) is 33.6 Å². The Bertz CT molecular complexity index is 5760. The predicted octanol–water partition coefficient (Wildman–Crippen LogP) is 29.8. The van der Waals surface area contributed by atoms with E-state index in [9.17, 15) is 40.3 Å². The zero-order valence-corrected chi connectivity index (χ0v) is 87.0. The summed E-state index contributed by atoms with van der Waals surface area (Å²) in [5.74, 6) is 4.74. The van der Waals surface area contributed by atoms with E-state index in [0.29, 0.717) is 30.5 Å². The summed E-state index contributed by atoms with van der Waals surface area (Å²) >= 11 is 0. The van der Waals surface area contributed by atoms with Gasteiger partial charge < -0.3 is 56.5 Å². The Balaban J connectivity index is 0.000000204. The quantitative estimate of drug-likeness (QED) is 0.00530. The van der Waals surface area contributed by atoms with Crippen LogP contribution in [0.3, 0.4) is 0 Å². The predicted molar refractivity (Wildman–Crippen MR) is 568 cm³/mol. The van der Waals surface area contributed by atoms with Crippen LogP contribution in [0, 0.1) is 11.8 Å². The van der Waals surface area contributed by atoms with Crippen LogP contribution in [0.4, 0.5) is 4.79 Å². The largest absolute Gasteiger partial charge is 0.748 e. The van der Waals surface area contributed by atoms with E-state index in [4.69, 9.17) is 42.6 Å². The molecule has 3 aliphatic carbocycles. The van der Waals surface area contributed by atoms with Gasteiger partial charge in [0.2, 0.25) is 0 Å². The highest BCUT2D eigenvalue weighted by molar-refractivity contribution is 7.97. The fourth-order valence-corrected chi connectivity index (χ4v) is 21.6. The average Bonchev–Trinajstić information content (AvgIpc) is 1.60. The molecule has 0 spiro atoms. The first-order valence-corrected chi connectivity index (χ1v) is 54.0. The molecular weight excluding hydrogens is 1840 g/mol. The van der Waals surface area contributed by atoms with Gasteiger partial charge in [-0.2, -0.15) is 0 Å². The molecule has 140 heavy (non-hydrogen) atoms. The first-order valence-electron chi connectivity index (χ1n) is 48.5. The second-order valence-corrected chi connectivity index (χ2v) is 43.6. The zero-order chi connectivity index (χ0) is 102. The van der Waals surface area contributed by atoms with Gasteiger partial charge in [0, 0.05) is 50.3 Å². The zero-order valence-electron chi connectivity index (χ0n) is 83.8. The molecule has 10 aromatic carbocycles. The SMILES string of the molecule is C=C(C)C(=O)OC(CC)(CC)C1CCCCC1.C=C(C)C(=O)OCCCS(=O)(=O)[O-].C=Cc1ccc(OC(C)OCCC2CCCCC2)cc1.C=Cc1ccc(OC(C)OCCOc2ccc(C3CCCCC3)cc2)cc1.C=Cc1ccc(S(=O)(=O)[O-])cc1.CC(C)(C)OC(=O)Oc1ccc([S+](c2ccccc2)c2ccccc2)cc1.CC(C)(C)Oc1ccc(-[s+]2c3ccccc3c3ccccc32)cc1. The number of rotatable bonds is 34. The molecule has 0 aliphatic heterocycles. The van der Waals surface area contributed by atoms with Crippen molar-refractivity contribution in [1.82, 2.24) is 0 Å². The molecule has 19 nitrogen and oxygen atoms in total. The number of ether oxygens (including phenoxy) is 10. The Morgan fingerprint density at radius 2 is 0.879 bits per heavy atom. The number of fused-ring (bicyclic) bond motifs is 3. The Kier molecular flexibility index (Phi) is 47.3. The number of thiophene rings is 1. The molecule has 0 bridgehead atoms. The van der Waals surface area contributed by atoms with Crippen LogP contribution in [-0.2, 0) is 64.4 Å². The third-order valence-corrected chi connectivity index (χ3v) is 29.6. The molecule has 3 aliphatic rings. The first kappa shape index (κ1) is 114. The minimum Gasteiger partial charge on any atom is -0.748 e. The normalized spacial score (nSPS) is 13.9. The Morgan fingerprint density at radius 3 is 1.32 bits per heavy atom. The van der Waals surface area contributed by atoms with Gasteiger partial charge in [0.25, 0.3) is 0 Å². The van der Waals surface area contributed by atoms with Gasteiger partial charge in [0.05, 0.1) is 45.7 Å². The van der Waals surface area contributed by atoms with Gasteiger partial charge in [-0.15, -0.1) is 0 Å². The molecule has 750 valence electrons. The summed E-state index contributed by atoms with van der Waals surface area (Å²) in [5, 5.41) is 2.73. The van der Waals surface area contributed by atoms with Crippen LogP contribution in [0.1, 0.15) is 233 Å². The number of hydrogen-bond acceptors (Lipinski definition) is 19. The molecule has 3 fully saturated rings. The van der Waals surface area contributed by atoms with Crippen LogP contribution in [-0.4, -0.2) is 106 Å². The Morgan fingerprint density at radius 1 is 0.457 bits per heavy atom. The van der Waals surface area contributed by atoms with E-state index in [-0.39, 0.29) is 74.6 Å². The molecule has 1 aromatic heterocycles. The van der Waals surface area contributed by atoms with Gasteiger partial charge in [-0.05, 0) is 294 Å². The summed E-state index contributed by atoms with van der Waals surface area (Å²) in [7, 11) is -8.77. The molecule has 0 saturated heterocycles. The lowest BCUT2D eigenvalue weighted by molar-refractivity contribution is -0.164. The Hall–Kier alpha value is -11.4. The number of carbonyl (C=O) groups excluding carboxylic acids is 3. The topological polar surface area (TPSA) is 258 Å². The van der Waals surface area contributed by atoms with Crippen LogP contribution < -0.4 is 23.7 Å². The van der Waals surface area contributed by atoms with Crippen molar-refractivity contribution in [3.63, 3.8) is 0 Å². The van der Waals surface area contributed by atoms with Gasteiger partial charge in [-0.3, -0.25) is 0 Å². The number of esters is 2. The maximum absolute atomic E-state index is 11.8. The Labute approximate surface area is 838 Å². The van der Waals surface area contributed by atoms with Crippen LogP contribution in [0.2, 0.25) is 0 Å². The van der Waals surface area contributed by atoms with Crippen molar-refractivity contribution in [2.24, 2.45) is 11.8 Å². The smallest absolute Gasteiger partial charge is 0.514 e. The first-order chi connectivity index (χ1) is 66.9. The van der Waals surface area contributed by atoms with Crippen LogP contribution in [0.5, 0.6) is 28.7 Å². The highest BCUT2D eigenvalue weighted by Crippen LogP contribution is 2.49. The van der Waals surface area contributed by atoms with E-state index >= 15 is 0 Å². The molecule has 2 atom stereocenters. The molecular formula is C117H144O19S4. The van der Waals surface area contributed by atoms with Crippen molar-refractivity contribution in [2.45, 2.75) is 260 Å². The van der Waals surface area contributed by atoms with E-state index < -0.39 is 43.7 Å². The molecule has 11 aromatic rings. The van der Waals surface area contributed by atoms with E-state index in [1.807, 2.05) is 132 Å². The maximum atomic E-state index is 11.8. The molecule has 23 heteroatoms. The highest BCUT2D eigenvalue weighted by atomic mass is 32.2. The third-order valence-electron chi connectivity index (χ3n) is 23.4. The van der Waals surface area contributed by atoms with Crippen LogP contribution >= 0.6 is 10.5 Å². The lowest BCUT2D eigenvalue weighted by atomic mass is 9.74. The van der Waals surface area contributed by atoms with Gasteiger partial charge in [-0.1, -0.05) is 245 Å². The lowest BCUT2D eigenvalue weighted by Gasteiger charge is -2.41. The van der Waals surface area contributed by atoms with E-state index in [1.54, 1.807) is 13.0 Å². The van der Waals surface area contributed by atoms with Crippen molar-refractivity contribution in [1.29, 1.82) is 0 Å². The van der Waals surface area contributed by atoms with E-state index in [2.05, 4.69) is 218 Å². The summed E-state index contributed by atoms with van der Waals surface area (Å²) < 4.78 is 120. The molecule has 3 saturated carbocycles. The summed E-state index contributed by atoms with van der Waals surface area (Å²) in [6, 6.07) is 84.4. The lowest BCUT2D eigenvalue weighted by Crippen LogP contribution is -2.42. The maximum Gasteiger partial charge on any atom is 0.514 e. The average molecular weight is 1980 g/mol. The van der Waals surface area contributed by atoms with Crippen LogP contribution in [0.15, 0.2) is 318 Å². The second kappa shape index (κ2) is 58.1. The fraction of sp³-hybridized carbons (Fsp3) is 0.376. The number of carbonyl (C=O) groups is 3. The fourth-order valence-electron chi connectivity index (χ4n) is 16.2. The van der Waals surface area contributed by atoms with Crippen LogP contribution in [0.25, 0.3) is 43.3 Å². The summed E-state index contributed by atoms with van der Waals surface area (Å²) in [6.45, 7) is 42.7. The minimum absolute atomic E-state index is 0.0187. The molecule has 0 amide bonds. The van der Waals surface area contributed by atoms with Gasteiger partial charge in [0.15, 0.2) is 41.6 Å². The monoisotopic (exact) mass is 1980 g/mol. The van der Waals surface area contributed by atoms with Crippen molar-refractivity contribution in [3.05, 3.63) is 321 Å². The summed E-state index contributed by atoms with van der Waals surface area (Å²) in [4.78, 5) is 39.1. The van der Waals surface area contributed by atoms with Crippen molar-refractivity contribution in [2.75, 3.05) is 32.2 Å². The third kappa shape index (κ3) is 40.3. The number of benzene rings is 10. The molecule has 0 radical (unpaired) electrons. The summed E-state index contributed by atoms with van der Waals surface area (Å²) in [5.41, 5.74) is 4.14. The van der Waals surface area contributed by atoms with Gasteiger partial charge >= 0.3 is 18.1 Å². The van der Waals surface area contributed by atoms with E-state index in [1.165, 1.54) is 174 Å².